The number of carboxylic acid groups (broad SMARTS) is 1. The Morgan fingerprint density at radius 1 is 1.11 bits per heavy atom. The van der Waals surface area contributed by atoms with Gasteiger partial charge < -0.3 is 15.5 Å². The van der Waals surface area contributed by atoms with Gasteiger partial charge in [-0.15, -0.1) is 11.3 Å². The molecule has 0 spiro atoms. The van der Waals surface area contributed by atoms with E-state index in [1.807, 2.05) is 36.4 Å². The molecule has 0 fully saturated rings. The van der Waals surface area contributed by atoms with E-state index in [2.05, 4.69) is 5.32 Å². The van der Waals surface area contributed by atoms with Crippen molar-refractivity contribution in [3.8, 4) is 0 Å². The highest BCUT2D eigenvalue weighted by Gasteiger charge is 2.04. The third-order valence-corrected chi connectivity index (χ3v) is 3.73. The summed E-state index contributed by atoms with van der Waals surface area (Å²) in [5.74, 6) is -0.805. The average molecular weight is 277 g/mol. The molecule has 0 bridgehead atoms. The van der Waals surface area contributed by atoms with Crippen molar-refractivity contribution >= 4 is 23.0 Å². The molecule has 0 atom stereocenters. The molecule has 0 aliphatic carbocycles. The van der Waals surface area contributed by atoms with E-state index >= 15 is 0 Å². The highest BCUT2D eigenvalue weighted by atomic mass is 32.1. The third kappa shape index (κ3) is 4.08. The number of anilines is 1. The van der Waals surface area contributed by atoms with Crippen LogP contribution >= 0.6 is 11.3 Å². The van der Waals surface area contributed by atoms with Crippen LogP contribution in [0.5, 0.6) is 0 Å². The van der Waals surface area contributed by atoms with Crippen LogP contribution in [-0.2, 0) is 24.4 Å². The maximum Gasteiger partial charge on any atom is 0.308 e. The summed E-state index contributed by atoms with van der Waals surface area (Å²) in [5, 5.41) is 20.9. The number of aliphatic hydroxyl groups excluding tert-OH is 1. The molecule has 0 saturated heterocycles. The van der Waals surface area contributed by atoms with Gasteiger partial charge in [-0.1, -0.05) is 12.1 Å². The average Bonchev–Trinajstić information content (AvgIpc) is 2.84. The van der Waals surface area contributed by atoms with Gasteiger partial charge in [-0.2, -0.15) is 0 Å². The first-order chi connectivity index (χ1) is 9.17. The van der Waals surface area contributed by atoms with Gasteiger partial charge in [0.25, 0.3) is 0 Å². The van der Waals surface area contributed by atoms with Crippen LogP contribution in [0.2, 0.25) is 0 Å². The largest absolute Gasteiger partial charge is 0.481 e. The molecule has 4 nitrogen and oxygen atoms in total. The molecule has 0 radical (unpaired) electrons. The molecule has 1 heterocycles. The lowest BCUT2D eigenvalue weighted by Crippen LogP contribution is -1.98. The van der Waals surface area contributed by atoms with E-state index < -0.39 is 5.97 Å². The van der Waals surface area contributed by atoms with Gasteiger partial charge in [0.15, 0.2) is 0 Å². The van der Waals surface area contributed by atoms with Crippen LogP contribution in [0.4, 0.5) is 5.69 Å². The second-order valence-electron chi connectivity index (χ2n) is 4.15. The van der Waals surface area contributed by atoms with Crippen molar-refractivity contribution in [1.82, 2.24) is 0 Å². The first-order valence-electron chi connectivity index (χ1n) is 5.90. The third-order valence-electron chi connectivity index (χ3n) is 2.65. The molecule has 5 heteroatoms. The van der Waals surface area contributed by atoms with Crippen molar-refractivity contribution in [3.05, 3.63) is 51.7 Å². The van der Waals surface area contributed by atoms with Gasteiger partial charge in [0.2, 0.25) is 0 Å². The van der Waals surface area contributed by atoms with Crippen LogP contribution in [0.15, 0.2) is 36.4 Å². The van der Waals surface area contributed by atoms with Gasteiger partial charge in [-0.25, -0.2) is 0 Å². The molecule has 2 rings (SSSR count). The first-order valence-corrected chi connectivity index (χ1v) is 6.72. The van der Waals surface area contributed by atoms with Crippen molar-refractivity contribution in [2.75, 3.05) is 5.32 Å². The highest BCUT2D eigenvalue weighted by molar-refractivity contribution is 7.12. The smallest absolute Gasteiger partial charge is 0.308 e. The summed E-state index contributed by atoms with van der Waals surface area (Å²) in [6.45, 7) is 0.715. The maximum atomic E-state index is 10.6. The topological polar surface area (TPSA) is 69.6 Å². The summed E-state index contributed by atoms with van der Waals surface area (Å²) in [6.07, 6.45) is 0.0792. The van der Waals surface area contributed by atoms with E-state index in [1.54, 1.807) is 0 Å². The SMILES string of the molecule is O=C(O)Cc1ccc(CNc2ccc(CO)cc2)s1. The lowest BCUT2D eigenvalue weighted by atomic mass is 10.2. The monoisotopic (exact) mass is 277 g/mol. The van der Waals surface area contributed by atoms with Crippen LogP contribution in [-0.4, -0.2) is 16.2 Å². The number of aliphatic hydroxyl groups is 1. The van der Waals surface area contributed by atoms with E-state index in [0.717, 1.165) is 21.0 Å². The van der Waals surface area contributed by atoms with Crippen LogP contribution < -0.4 is 5.32 Å². The number of benzene rings is 1. The minimum Gasteiger partial charge on any atom is -0.481 e. The fraction of sp³-hybridized carbons (Fsp3) is 0.214. The zero-order valence-electron chi connectivity index (χ0n) is 10.3. The fourth-order valence-electron chi connectivity index (χ4n) is 1.68. The van der Waals surface area contributed by atoms with E-state index in [-0.39, 0.29) is 13.0 Å². The van der Waals surface area contributed by atoms with Crippen molar-refractivity contribution in [2.45, 2.75) is 19.6 Å². The fourth-order valence-corrected chi connectivity index (χ4v) is 2.63. The molecule has 1 aromatic heterocycles. The van der Waals surface area contributed by atoms with Gasteiger partial charge in [-0.05, 0) is 29.8 Å². The Kier molecular flexibility index (Phi) is 4.54. The molecule has 19 heavy (non-hydrogen) atoms. The maximum absolute atomic E-state index is 10.6. The Labute approximate surface area is 115 Å². The van der Waals surface area contributed by atoms with Gasteiger partial charge in [0.1, 0.15) is 0 Å². The molecular formula is C14H15NO3S. The Bertz CT molecular complexity index is 548. The van der Waals surface area contributed by atoms with Gasteiger partial charge in [-0.3, -0.25) is 4.79 Å². The van der Waals surface area contributed by atoms with Gasteiger partial charge in [0, 0.05) is 22.0 Å². The summed E-state index contributed by atoms with van der Waals surface area (Å²) in [6, 6.07) is 11.4. The van der Waals surface area contributed by atoms with E-state index in [9.17, 15) is 4.79 Å². The van der Waals surface area contributed by atoms with Gasteiger partial charge >= 0.3 is 5.97 Å². The number of aliphatic carboxylic acids is 1. The summed E-state index contributed by atoms with van der Waals surface area (Å²) < 4.78 is 0. The van der Waals surface area contributed by atoms with Crippen molar-refractivity contribution in [3.63, 3.8) is 0 Å². The normalized spacial score (nSPS) is 10.4. The van der Waals surface area contributed by atoms with E-state index in [1.165, 1.54) is 11.3 Å². The molecular weight excluding hydrogens is 262 g/mol. The summed E-state index contributed by atoms with van der Waals surface area (Å²) >= 11 is 1.50. The number of hydrogen-bond donors (Lipinski definition) is 3. The van der Waals surface area contributed by atoms with Crippen LogP contribution in [0.1, 0.15) is 15.3 Å². The quantitative estimate of drug-likeness (QED) is 0.758. The lowest BCUT2D eigenvalue weighted by molar-refractivity contribution is -0.136. The molecule has 0 unspecified atom stereocenters. The highest BCUT2D eigenvalue weighted by Crippen LogP contribution is 2.19. The number of carboxylic acids is 1. The molecule has 0 aliphatic heterocycles. The zero-order chi connectivity index (χ0) is 13.7. The Hall–Kier alpha value is -1.85. The second-order valence-corrected chi connectivity index (χ2v) is 5.40. The molecule has 1 aromatic carbocycles. The predicted molar refractivity (Wildman–Crippen MR) is 75.4 cm³/mol. The van der Waals surface area contributed by atoms with E-state index in [4.69, 9.17) is 10.2 Å². The first kappa shape index (κ1) is 13.6. The number of carbonyl (C=O) groups is 1. The van der Waals surface area contributed by atoms with Crippen molar-refractivity contribution in [1.29, 1.82) is 0 Å². The Morgan fingerprint density at radius 3 is 2.42 bits per heavy atom. The molecule has 0 saturated carbocycles. The number of rotatable bonds is 6. The Balaban J connectivity index is 1.90. The van der Waals surface area contributed by atoms with Crippen LogP contribution in [0.25, 0.3) is 0 Å². The number of nitrogens with one attached hydrogen (secondary N) is 1. The predicted octanol–water partition coefficient (Wildman–Crippen LogP) is 2.48. The van der Waals surface area contributed by atoms with Gasteiger partial charge in [0.05, 0.1) is 13.0 Å². The molecule has 0 amide bonds. The summed E-state index contributed by atoms with van der Waals surface area (Å²) in [5.41, 5.74) is 1.86. The van der Waals surface area contributed by atoms with Crippen LogP contribution in [0, 0.1) is 0 Å². The zero-order valence-corrected chi connectivity index (χ0v) is 11.1. The van der Waals surface area contributed by atoms with Crippen molar-refractivity contribution in [2.24, 2.45) is 0 Å². The summed E-state index contributed by atoms with van der Waals surface area (Å²) in [7, 11) is 0. The molecule has 0 aliphatic rings. The van der Waals surface area contributed by atoms with Crippen molar-refractivity contribution < 1.29 is 15.0 Å². The Morgan fingerprint density at radius 2 is 1.79 bits per heavy atom. The number of hydrogen-bond acceptors (Lipinski definition) is 4. The lowest BCUT2D eigenvalue weighted by Gasteiger charge is -2.05. The minimum absolute atomic E-state index is 0.0454. The molecule has 100 valence electrons. The van der Waals surface area contributed by atoms with Crippen LogP contribution in [0.3, 0.4) is 0 Å². The molecule has 3 N–H and O–H groups in total. The summed E-state index contributed by atoms with van der Waals surface area (Å²) in [4.78, 5) is 12.5. The molecule has 2 aromatic rings. The number of thiophene rings is 1. The standard InChI is InChI=1S/C14H15NO3S/c16-9-10-1-3-11(4-2-10)15-8-13-6-5-12(19-13)7-14(17)18/h1-6,15-16H,7-9H2,(H,17,18). The second kappa shape index (κ2) is 6.36. The minimum atomic E-state index is -0.805. The van der Waals surface area contributed by atoms with E-state index in [0.29, 0.717) is 6.54 Å².